The van der Waals surface area contributed by atoms with Gasteiger partial charge in [-0.3, -0.25) is 9.59 Å². The van der Waals surface area contributed by atoms with E-state index in [9.17, 15) is 9.59 Å². The van der Waals surface area contributed by atoms with Crippen LogP contribution in [0.1, 0.15) is 13.8 Å². The highest BCUT2D eigenvalue weighted by Gasteiger charge is 2.36. The Morgan fingerprint density at radius 3 is 2.67 bits per heavy atom. The molecule has 1 saturated heterocycles. The summed E-state index contributed by atoms with van der Waals surface area (Å²) in [5.41, 5.74) is -0.621. The number of ether oxygens (including phenoxy) is 2. The summed E-state index contributed by atoms with van der Waals surface area (Å²) in [6, 6.07) is 0. The molecule has 1 aliphatic rings. The first-order valence-electron chi connectivity index (χ1n) is 4.63. The van der Waals surface area contributed by atoms with E-state index < -0.39 is 11.7 Å². The molecule has 1 heterocycles. The number of esters is 1. The van der Waals surface area contributed by atoms with E-state index in [2.05, 4.69) is 4.74 Å². The Hall–Kier alpha value is -0.810. The molecule has 0 saturated carbocycles. The predicted octanol–water partition coefficient (Wildman–Crippen LogP) is 0.363. The highest BCUT2D eigenvalue weighted by atomic mass is 35.5. The molecular formula is C9H14ClNO4. The van der Waals surface area contributed by atoms with E-state index in [0.29, 0.717) is 13.2 Å². The molecule has 0 aromatic carbocycles. The van der Waals surface area contributed by atoms with E-state index >= 15 is 0 Å². The minimum Gasteiger partial charge on any atom is -0.455 e. The van der Waals surface area contributed by atoms with Crippen LogP contribution in [0.5, 0.6) is 0 Å². The third-order valence-electron chi connectivity index (χ3n) is 2.19. The van der Waals surface area contributed by atoms with Gasteiger partial charge in [-0.05, 0) is 13.8 Å². The van der Waals surface area contributed by atoms with Crippen LogP contribution in [0, 0.1) is 0 Å². The van der Waals surface area contributed by atoms with Crippen molar-refractivity contribution in [3.63, 3.8) is 0 Å². The van der Waals surface area contributed by atoms with Gasteiger partial charge in [0.15, 0.2) is 6.61 Å². The maximum absolute atomic E-state index is 11.6. The number of rotatable bonds is 3. The van der Waals surface area contributed by atoms with Gasteiger partial charge >= 0.3 is 5.97 Å². The van der Waals surface area contributed by atoms with Crippen molar-refractivity contribution >= 4 is 23.5 Å². The van der Waals surface area contributed by atoms with E-state index in [1.54, 1.807) is 13.8 Å². The van der Waals surface area contributed by atoms with Crippen LogP contribution >= 0.6 is 11.6 Å². The van der Waals surface area contributed by atoms with Crippen molar-refractivity contribution in [1.82, 2.24) is 4.90 Å². The lowest BCUT2D eigenvalue weighted by molar-refractivity contribution is -0.156. The number of alkyl halides is 1. The third kappa shape index (κ3) is 3.07. The summed E-state index contributed by atoms with van der Waals surface area (Å²) in [5, 5.41) is 0. The Labute approximate surface area is 93.3 Å². The Morgan fingerprint density at radius 2 is 2.20 bits per heavy atom. The van der Waals surface area contributed by atoms with E-state index in [1.807, 2.05) is 0 Å². The summed E-state index contributed by atoms with van der Waals surface area (Å²) in [7, 11) is 0. The minimum atomic E-state index is -0.621. The zero-order valence-electron chi connectivity index (χ0n) is 8.79. The van der Waals surface area contributed by atoms with Gasteiger partial charge in [0.1, 0.15) is 11.6 Å². The fraction of sp³-hybridized carbons (Fsp3) is 0.778. The van der Waals surface area contributed by atoms with Gasteiger partial charge in [-0.2, -0.15) is 0 Å². The van der Waals surface area contributed by atoms with E-state index in [4.69, 9.17) is 16.3 Å². The quantitative estimate of drug-likeness (QED) is 0.524. The second-order valence-corrected chi connectivity index (χ2v) is 3.90. The first-order valence-corrected chi connectivity index (χ1v) is 5.17. The second kappa shape index (κ2) is 4.81. The zero-order chi connectivity index (χ0) is 11.5. The van der Waals surface area contributed by atoms with Crippen LogP contribution in [0.15, 0.2) is 0 Å². The molecule has 1 fully saturated rings. The molecule has 1 amide bonds. The maximum Gasteiger partial charge on any atom is 0.321 e. The van der Waals surface area contributed by atoms with Crippen LogP contribution in [-0.2, 0) is 19.1 Å². The molecule has 0 aliphatic carbocycles. The smallest absolute Gasteiger partial charge is 0.321 e. The summed E-state index contributed by atoms with van der Waals surface area (Å²) in [6.45, 7) is 4.33. The molecule has 15 heavy (non-hydrogen) atoms. The van der Waals surface area contributed by atoms with Crippen molar-refractivity contribution in [3.05, 3.63) is 0 Å². The molecule has 86 valence electrons. The average molecular weight is 236 g/mol. The highest BCUT2D eigenvalue weighted by molar-refractivity contribution is 6.26. The fourth-order valence-electron chi connectivity index (χ4n) is 1.42. The molecule has 0 unspecified atom stereocenters. The Balaban J connectivity index is 2.44. The number of hydrogen-bond donors (Lipinski definition) is 0. The number of halogens is 1. The first kappa shape index (κ1) is 12.3. The van der Waals surface area contributed by atoms with Crippen LogP contribution in [0.25, 0.3) is 0 Å². The van der Waals surface area contributed by atoms with Gasteiger partial charge < -0.3 is 14.4 Å². The molecule has 1 aliphatic heterocycles. The van der Waals surface area contributed by atoms with Crippen LogP contribution in [0.3, 0.4) is 0 Å². The van der Waals surface area contributed by atoms with Crippen molar-refractivity contribution in [2.75, 3.05) is 25.6 Å². The van der Waals surface area contributed by atoms with Crippen LogP contribution < -0.4 is 0 Å². The standard InChI is InChI=1S/C9H14ClNO4/c1-9(2)11(3-4-15-9)7(12)6-14-8(13)5-10/h3-6H2,1-2H3. The van der Waals surface area contributed by atoms with E-state index in [0.717, 1.165) is 0 Å². The number of amides is 1. The second-order valence-electron chi connectivity index (χ2n) is 3.63. The summed E-state index contributed by atoms with van der Waals surface area (Å²) < 4.78 is 9.99. The summed E-state index contributed by atoms with van der Waals surface area (Å²) in [4.78, 5) is 23.9. The Bertz CT molecular complexity index is 267. The lowest BCUT2D eigenvalue weighted by Crippen LogP contribution is -2.45. The van der Waals surface area contributed by atoms with Crippen molar-refractivity contribution < 1.29 is 19.1 Å². The Morgan fingerprint density at radius 1 is 1.53 bits per heavy atom. The molecule has 0 aromatic rings. The fourth-order valence-corrected chi connectivity index (χ4v) is 1.49. The maximum atomic E-state index is 11.6. The van der Waals surface area contributed by atoms with Gasteiger partial charge in [-0.25, -0.2) is 0 Å². The minimum absolute atomic E-state index is 0.243. The number of carbonyl (C=O) groups is 2. The van der Waals surface area contributed by atoms with Gasteiger partial charge in [-0.1, -0.05) is 0 Å². The van der Waals surface area contributed by atoms with Crippen molar-refractivity contribution in [3.8, 4) is 0 Å². The van der Waals surface area contributed by atoms with Gasteiger partial charge in [0, 0.05) is 6.54 Å². The predicted molar refractivity (Wildman–Crippen MR) is 53.4 cm³/mol. The van der Waals surface area contributed by atoms with Gasteiger partial charge in [0.25, 0.3) is 5.91 Å². The topological polar surface area (TPSA) is 55.8 Å². The zero-order valence-corrected chi connectivity index (χ0v) is 9.54. The summed E-state index contributed by atoms with van der Waals surface area (Å²) in [6.07, 6.45) is 0. The summed E-state index contributed by atoms with van der Waals surface area (Å²) in [5.74, 6) is -1.11. The largest absolute Gasteiger partial charge is 0.455 e. The van der Waals surface area contributed by atoms with Gasteiger partial charge in [0.2, 0.25) is 0 Å². The first-order chi connectivity index (χ1) is 6.97. The van der Waals surface area contributed by atoms with E-state index in [-0.39, 0.29) is 18.4 Å². The average Bonchev–Trinajstić information content (AvgIpc) is 2.53. The van der Waals surface area contributed by atoms with E-state index in [1.165, 1.54) is 4.90 Å². The molecule has 5 nitrogen and oxygen atoms in total. The molecule has 0 aromatic heterocycles. The molecule has 0 spiro atoms. The lowest BCUT2D eigenvalue weighted by Gasteiger charge is -2.29. The lowest BCUT2D eigenvalue weighted by atomic mass is 10.2. The molecule has 1 rings (SSSR count). The molecule has 6 heteroatoms. The number of carbonyl (C=O) groups excluding carboxylic acids is 2. The third-order valence-corrected chi connectivity index (χ3v) is 2.41. The molecule has 0 radical (unpaired) electrons. The van der Waals surface area contributed by atoms with Crippen LogP contribution in [-0.4, -0.2) is 48.1 Å². The number of hydrogen-bond acceptors (Lipinski definition) is 4. The molecule has 0 atom stereocenters. The summed E-state index contributed by atoms with van der Waals surface area (Å²) >= 11 is 5.23. The van der Waals surface area contributed by atoms with Gasteiger partial charge in [0.05, 0.1) is 6.61 Å². The van der Waals surface area contributed by atoms with Crippen molar-refractivity contribution in [2.45, 2.75) is 19.6 Å². The van der Waals surface area contributed by atoms with Crippen molar-refractivity contribution in [2.24, 2.45) is 0 Å². The highest BCUT2D eigenvalue weighted by Crippen LogP contribution is 2.21. The molecule has 0 N–H and O–H groups in total. The molecular weight excluding hydrogens is 222 g/mol. The Kier molecular flexibility index (Phi) is 3.93. The SMILES string of the molecule is CC1(C)OCCN1C(=O)COC(=O)CCl. The monoisotopic (exact) mass is 235 g/mol. The normalized spacial score (nSPS) is 19.0. The van der Waals surface area contributed by atoms with Gasteiger partial charge in [-0.15, -0.1) is 11.6 Å². The number of nitrogens with zero attached hydrogens (tertiary/aromatic N) is 1. The van der Waals surface area contributed by atoms with Crippen LogP contribution in [0.4, 0.5) is 0 Å². The van der Waals surface area contributed by atoms with Crippen molar-refractivity contribution in [1.29, 1.82) is 0 Å². The molecule has 0 bridgehead atoms. The van der Waals surface area contributed by atoms with Crippen LogP contribution in [0.2, 0.25) is 0 Å².